The highest BCUT2D eigenvalue weighted by Crippen LogP contribution is 2.30. The van der Waals surface area contributed by atoms with Crippen molar-refractivity contribution in [3.63, 3.8) is 0 Å². The second-order valence-corrected chi connectivity index (χ2v) is 9.51. The zero-order valence-electron chi connectivity index (χ0n) is 22.7. The van der Waals surface area contributed by atoms with Crippen molar-refractivity contribution in [1.82, 2.24) is 19.7 Å². The standard InChI is InChI=1S/C29H30F3N5O5/c1-36-27(34-35-28(36)29(30,31)32)20-7-9-22(10-8-20)42-18-21(38)17-37(16-19-5-3-2-4-6-19)13-14-41-23-11-12-25(39)24(15-23)26(33)40/h2-12,15,21,38-39H,13-14,16-18H2,1H3,(H2,33,40). The minimum absolute atomic E-state index is 0.0341. The molecule has 0 aliphatic rings. The fourth-order valence-electron chi connectivity index (χ4n) is 4.24. The zero-order valence-corrected chi connectivity index (χ0v) is 22.7. The molecule has 0 aliphatic heterocycles. The average Bonchev–Trinajstić information content (AvgIpc) is 3.35. The Hall–Kier alpha value is -4.62. The van der Waals surface area contributed by atoms with Crippen LogP contribution in [0.2, 0.25) is 0 Å². The van der Waals surface area contributed by atoms with Crippen LogP contribution >= 0.6 is 0 Å². The van der Waals surface area contributed by atoms with Gasteiger partial charge in [-0.2, -0.15) is 13.2 Å². The van der Waals surface area contributed by atoms with E-state index in [-0.39, 0.29) is 36.9 Å². The van der Waals surface area contributed by atoms with E-state index >= 15 is 0 Å². The Morgan fingerprint density at radius 3 is 2.36 bits per heavy atom. The molecule has 1 heterocycles. The molecule has 4 aromatic rings. The predicted octanol–water partition coefficient (Wildman–Crippen LogP) is 3.63. The number of hydrogen-bond donors (Lipinski definition) is 3. The van der Waals surface area contributed by atoms with Gasteiger partial charge in [-0.3, -0.25) is 9.69 Å². The Kier molecular flexibility index (Phi) is 9.65. The van der Waals surface area contributed by atoms with Crippen LogP contribution in [0.1, 0.15) is 21.7 Å². The van der Waals surface area contributed by atoms with Crippen LogP contribution in [0, 0.1) is 0 Å². The lowest BCUT2D eigenvalue weighted by Crippen LogP contribution is -2.37. The second kappa shape index (κ2) is 13.4. The average molecular weight is 586 g/mol. The molecular weight excluding hydrogens is 555 g/mol. The summed E-state index contributed by atoms with van der Waals surface area (Å²) in [6, 6.07) is 20.2. The molecule has 1 unspecified atom stereocenters. The number of alkyl halides is 3. The van der Waals surface area contributed by atoms with Crippen LogP contribution in [0.15, 0.2) is 72.8 Å². The Labute approximate surface area is 239 Å². The molecule has 1 atom stereocenters. The van der Waals surface area contributed by atoms with Gasteiger partial charge in [0.1, 0.15) is 36.6 Å². The second-order valence-electron chi connectivity index (χ2n) is 9.51. The lowest BCUT2D eigenvalue weighted by atomic mass is 10.2. The first kappa shape index (κ1) is 30.3. The number of benzene rings is 3. The third-order valence-corrected chi connectivity index (χ3v) is 6.31. The van der Waals surface area contributed by atoms with Gasteiger partial charge < -0.3 is 30.0 Å². The van der Waals surface area contributed by atoms with Crippen LogP contribution in [0.25, 0.3) is 11.4 Å². The Balaban J connectivity index is 1.34. The summed E-state index contributed by atoms with van der Waals surface area (Å²) < 4.78 is 51.4. The van der Waals surface area contributed by atoms with E-state index in [0.717, 1.165) is 10.1 Å². The number of hydrogen-bond acceptors (Lipinski definition) is 8. The smallest absolute Gasteiger partial charge is 0.451 e. The molecule has 10 nitrogen and oxygen atoms in total. The van der Waals surface area contributed by atoms with Crippen molar-refractivity contribution in [3.8, 4) is 28.6 Å². The van der Waals surface area contributed by atoms with Gasteiger partial charge in [0.15, 0.2) is 5.82 Å². The monoisotopic (exact) mass is 585 g/mol. The molecule has 4 N–H and O–H groups in total. The number of halogens is 3. The first-order chi connectivity index (χ1) is 20.0. The molecule has 42 heavy (non-hydrogen) atoms. The number of aliphatic hydroxyl groups is 1. The van der Waals surface area contributed by atoms with Crippen molar-refractivity contribution in [2.24, 2.45) is 12.8 Å². The molecule has 13 heteroatoms. The number of nitrogens with two attached hydrogens (primary N) is 1. The Morgan fingerprint density at radius 1 is 1.02 bits per heavy atom. The fraction of sp³-hybridized carbons (Fsp3) is 0.276. The van der Waals surface area contributed by atoms with Crippen LogP contribution in [0.3, 0.4) is 0 Å². The maximum atomic E-state index is 13.0. The van der Waals surface area contributed by atoms with Gasteiger partial charge >= 0.3 is 6.18 Å². The van der Waals surface area contributed by atoms with Crippen LogP contribution < -0.4 is 15.2 Å². The molecule has 0 saturated heterocycles. The number of rotatable bonds is 13. The number of phenols is 1. The number of nitrogens with zero attached hydrogens (tertiary/aromatic N) is 4. The van der Waals surface area contributed by atoms with Crippen molar-refractivity contribution in [3.05, 3.63) is 89.7 Å². The van der Waals surface area contributed by atoms with Crippen LogP contribution in [-0.2, 0) is 19.8 Å². The van der Waals surface area contributed by atoms with Crippen LogP contribution in [0.4, 0.5) is 13.2 Å². The molecule has 0 bridgehead atoms. The normalized spacial score (nSPS) is 12.3. The largest absolute Gasteiger partial charge is 0.507 e. The van der Waals surface area contributed by atoms with Crippen LogP contribution in [-0.4, -0.2) is 68.2 Å². The Bertz CT molecular complexity index is 1480. The number of ether oxygens (including phenoxy) is 2. The summed E-state index contributed by atoms with van der Waals surface area (Å²) in [5.41, 5.74) is 6.69. The topological polar surface area (TPSA) is 136 Å². The number of primary amides is 1. The van der Waals surface area contributed by atoms with Gasteiger partial charge in [-0.15, -0.1) is 10.2 Å². The number of aromatic hydroxyl groups is 1. The van der Waals surface area contributed by atoms with Gasteiger partial charge in [-0.05, 0) is 48.0 Å². The first-order valence-electron chi connectivity index (χ1n) is 12.9. The summed E-state index contributed by atoms with van der Waals surface area (Å²) in [6.45, 7) is 1.38. The fourth-order valence-corrected chi connectivity index (χ4v) is 4.24. The minimum atomic E-state index is -4.61. The minimum Gasteiger partial charge on any atom is -0.507 e. The van der Waals surface area contributed by atoms with E-state index in [2.05, 4.69) is 10.2 Å². The van der Waals surface area contributed by atoms with E-state index in [1.807, 2.05) is 35.2 Å². The van der Waals surface area contributed by atoms with E-state index in [0.29, 0.717) is 30.2 Å². The van der Waals surface area contributed by atoms with Gasteiger partial charge in [-0.25, -0.2) is 0 Å². The molecule has 0 saturated carbocycles. The van der Waals surface area contributed by atoms with Crippen molar-refractivity contribution in [2.75, 3.05) is 26.3 Å². The molecule has 0 radical (unpaired) electrons. The van der Waals surface area contributed by atoms with Gasteiger partial charge in [0.05, 0.1) is 5.56 Å². The van der Waals surface area contributed by atoms with E-state index in [1.165, 1.54) is 25.2 Å². The maximum absolute atomic E-state index is 13.0. The van der Waals surface area contributed by atoms with Gasteiger partial charge in [0.2, 0.25) is 5.82 Å². The number of amides is 1. The summed E-state index contributed by atoms with van der Waals surface area (Å²) >= 11 is 0. The molecular formula is C29H30F3N5O5. The van der Waals surface area contributed by atoms with Crippen molar-refractivity contribution in [2.45, 2.75) is 18.8 Å². The van der Waals surface area contributed by atoms with Crippen LogP contribution in [0.5, 0.6) is 17.2 Å². The molecule has 222 valence electrons. The van der Waals surface area contributed by atoms with Crippen molar-refractivity contribution in [1.29, 1.82) is 0 Å². The van der Waals surface area contributed by atoms with E-state index in [1.54, 1.807) is 24.3 Å². The number of aromatic nitrogens is 3. The third kappa shape index (κ3) is 7.98. The summed E-state index contributed by atoms with van der Waals surface area (Å²) in [5, 5.41) is 27.4. The lowest BCUT2D eigenvalue weighted by molar-refractivity contribution is -0.146. The van der Waals surface area contributed by atoms with Gasteiger partial charge in [0.25, 0.3) is 5.91 Å². The molecule has 3 aromatic carbocycles. The SMILES string of the molecule is Cn1c(-c2ccc(OCC(O)CN(CCOc3ccc(O)c(C(N)=O)c3)Cc3ccccc3)cc2)nnc1C(F)(F)F. The lowest BCUT2D eigenvalue weighted by Gasteiger charge is -2.25. The highest BCUT2D eigenvalue weighted by molar-refractivity contribution is 5.95. The zero-order chi connectivity index (χ0) is 30.3. The third-order valence-electron chi connectivity index (χ3n) is 6.31. The summed E-state index contributed by atoms with van der Waals surface area (Å²) in [4.78, 5) is 13.5. The van der Waals surface area contributed by atoms with Crippen molar-refractivity contribution >= 4 is 5.91 Å². The van der Waals surface area contributed by atoms with E-state index in [4.69, 9.17) is 15.2 Å². The summed E-state index contributed by atoms with van der Waals surface area (Å²) in [7, 11) is 1.24. The van der Waals surface area contributed by atoms with E-state index < -0.39 is 24.0 Å². The van der Waals surface area contributed by atoms with Crippen molar-refractivity contribution < 1.29 is 37.7 Å². The highest BCUT2D eigenvalue weighted by Gasteiger charge is 2.37. The number of carbonyl (C=O) groups excluding carboxylic acids is 1. The summed E-state index contributed by atoms with van der Waals surface area (Å²) in [5.74, 6) is -1.25. The molecule has 1 aromatic heterocycles. The van der Waals surface area contributed by atoms with E-state index in [9.17, 15) is 28.2 Å². The summed E-state index contributed by atoms with van der Waals surface area (Å²) in [6.07, 6.45) is -5.49. The van der Waals surface area contributed by atoms with Gasteiger partial charge in [-0.1, -0.05) is 30.3 Å². The predicted molar refractivity (Wildman–Crippen MR) is 147 cm³/mol. The Morgan fingerprint density at radius 2 is 1.71 bits per heavy atom. The quantitative estimate of drug-likeness (QED) is 0.217. The first-order valence-corrected chi connectivity index (χ1v) is 12.9. The number of aliphatic hydroxyl groups excluding tert-OH is 1. The maximum Gasteiger partial charge on any atom is 0.451 e. The molecule has 0 aliphatic carbocycles. The molecule has 0 fully saturated rings. The highest BCUT2D eigenvalue weighted by atomic mass is 19.4. The number of carbonyl (C=O) groups is 1. The molecule has 1 amide bonds. The molecule has 4 rings (SSSR count). The van der Waals surface area contributed by atoms with Gasteiger partial charge in [0, 0.05) is 32.2 Å². The molecule has 0 spiro atoms.